The van der Waals surface area contributed by atoms with Gasteiger partial charge in [0, 0.05) is 6.20 Å². The van der Waals surface area contributed by atoms with Crippen molar-refractivity contribution >= 4 is 28.3 Å². The number of hydrogen-bond acceptors (Lipinski definition) is 3. The zero-order valence-electron chi connectivity index (χ0n) is 6.75. The van der Waals surface area contributed by atoms with Crippen LogP contribution in [0, 0.1) is 3.77 Å². The lowest BCUT2D eigenvalue weighted by molar-refractivity contribution is 0.493. The smallest absolute Gasteiger partial charge is 0.164 e. The molecule has 2 N–H and O–H groups in total. The molecule has 0 saturated carbocycles. The van der Waals surface area contributed by atoms with Gasteiger partial charge in [0.1, 0.15) is 5.76 Å². The molecule has 2 rings (SSSR count). The summed E-state index contributed by atoms with van der Waals surface area (Å²) in [6.07, 6.45) is 3.53. The van der Waals surface area contributed by atoms with Crippen molar-refractivity contribution in [2.75, 3.05) is 5.32 Å². The first kappa shape index (κ1) is 8.61. The maximum Gasteiger partial charge on any atom is 0.164 e. The van der Waals surface area contributed by atoms with E-state index in [2.05, 4.69) is 38.1 Å². The van der Waals surface area contributed by atoms with Crippen molar-refractivity contribution < 1.29 is 4.42 Å². The monoisotopic (exact) mass is 289 g/mol. The van der Waals surface area contributed by atoms with Crippen LogP contribution in [-0.2, 0) is 6.54 Å². The second-order valence-corrected chi connectivity index (χ2v) is 3.61. The minimum atomic E-state index is 0.683. The third-order valence-electron chi connectivity index (χ3n) is 1.59. The van der Waals surface area contributed by atoms with Crippen LogP contribution in [0.5, 0.6) is 0 Å². The van der Waals surface area contributed by atoms with E-state index in [1.54, 1.807) is 12.4 Å². The highest BCUT2D eigenvalue weighted by Crippen LogP contribution is 2.11. The molecule has 0 aliphatic heterocycles. The van der Waals surface area contributed by atoms with Gasteiger partial charge in [-0.2, -0.15) is 5.10 Å². The Morgan fingerprint density at radius 1 is 1.54 bits per heavy atom. The van der Waals surface area contributed by atoms with Crippen molar-refractivity contribution in [1.29, 1.82) is 0 Å². The van der Waals surface area contributed by atoms with Crippen molar-refractivity contribution in [3.63, 3.8) is 0 Å². The molecule has 0 unspecified atom stereocenters. The Balaban J connectivity index is 1.93. The van der Waals surface area contributed by atoms with Crippen molar-refractivity contribution in [1.82, 2.24) is 10.2 Å². The van der Waals surface area contributed by atoms with E-state index in [-0.39, 0.29) is 0 Å². The van der Waals surface area contributed by atoms with Crippen LogP contribution in [0.25, 0.3) is 0 Å². The number of nitrogens with one attached hydrogen (secondary N) is 2. The fraction of sp³-hybridized carbons (Fsp3) is 0.125. The van der Waals surface area contributed by atoms with E-state index >= 15 is 0 Å². The molecule has 0 aliphatic rings. The average molecular weight is 289 g/mol. The number of anilines is 1. The van der Waals surface area contributed by atoms with E-state index in [0.29, 0.717) is 6.54 Å². The molecular formula is C8H8IN3O. The topological polar surface area (TPSA) is 53.9 Å². The molecule has 2 aromatic rings. The van der Waals surface area contributed by atoms with Gasteiger partial charge in [0.2, 0.25) is 0 Å². The highest BCUT2D eigenvalue weighted by Gasteiger charge is 1.98. The highest BCUT2D eigenvalue weighted by atomic mass is 127. The van der Waals surface area contributed by atoms with Crippen molar-refractivity contribution in [2.24, 2.45) is 0 Å². The van der Waals surface area contributed by atoms with Crippen LogP contribution in [0.1, 0.15) is 5.76 Å². The Morgan fingerprint density at radius 3 is 3.08 bits per heavy atom. The summed E-state index contributed by atoms with van der Waals surface area (Å²) in [5.74, 6) is 0.922. The molecule has 5 heteroatoms. The minimum absolute atomic E-state index is 0.683. The van der Waals surface area contributed by atoms with Gasteiger partial charge in [-0.3, -0.25) is 5.10 Å². The zero-order valence-corrected chi connectivity index (χ0v) is 8.91. The van der Waals surface area contributed by atoms with E-state index in [4.69, 9.17) is 4.42 Å². The Bertz CT molecular complexity index is 368. The number of halogens is 1. The fourth-order valence-corrected chi connectivity index (χ4v) is 1.45. The largest absolute Gasteiger partial charge is 0.454 e. The molecule has 68 valence electrons. The quantitative estimate of drug-likeness (QED) is 0.852. The van der Waals surface area contributed by atoms with Crippen LogP contribution in [0.15, 0.2) is 28.9 Å². The molecule has 0 fully saturated rings. The summed E-state index contributed by atoms with van der Waals surface area (Å²) in [5.41, 5.74) is 0.964. The maximum atomic E-state index is 5.38. The first-order valence-electron chi connectivity index (χ1n) is 3.81. The zero-order chi connectivity index (χ0) is 9.10. The third kappa shape index (κ3) is 2.24. The Morgan fingerprint density at radius 2 is 2.46 bits per heavy atom. The first-order valence-corrected chi connectivity index (χ1v) is 4.89. The molecule has 2 heterocycles. The summed E-state index contributed by atoms with van der Waals surface area (Å²) in [5, 5.41) is 9.71. The molecule has 2 aromatic heterocycles. The summed E-state index contributed by atoms with van der Waals surface area (Å²) < 4.78 is 6.28. The number of rotatable bonds is 3. The predicted molar refractivity (Wildman–Crippen MR) is 57.3 cm³/mol. The molecule has 0 aromatic carbocycles. The highest BCUT2D eigenvalue weighted by molar-refractivity contribution is 14.1. The van der Waals surface area contributed by atoms with Gasteiger partial charge in [-0.1, -0.05) is 0 Å². The SMILES string of the molecule is Ic1ccc(CNc2cn[nH]c2)o1. The maximum absolute atomic E-state index is 5.38. The summed E-state index contributed by atoms with van der Waals surface area (Å²) >= 11 is 2.14. The van der Waals surface area contributed by atoms with Crippen LogP contribution in [-0.4, -0.2) is 10.2 Å². The average Bonchev–Trinajstić information content (AvgIpc) is 2.71. The lowest BCUT2D eigenvalue weighted by Crippen LogP contribution is -1.96. The predicted octanol–water partition coefficient (Wildman–Crippen LogP) is 2.22. The minimum Gasteiger partial charge on any atom is -0.454 e. The number of furan rings is 1. The van der Waals surface area contributed by atoms with Crippen LogP contribution < -0.4 is 5.32 Å². The van der Waals surface area contributed by atoms with Crippen molar-refractivity contribution in [2.45, 2.75) is 6.54 Å². The molecule has 0 radical (unpaired) electrons. The molecule has 0 aliphatic carbocycles. The number of H-pyrrole nitrogens is 1. The van der Waals surface area contributed by atoms with Crippen LogP contribution in [0.2, 0.25) is 0 Å². The van der Waals surface area contributed by atoms with E-state index in [1.165, 1.54) is 0 Å². The Kier molecular flexibility index (Phi) is 2.53. The summed E-state index contributed by atoms with van der Waals surface area (Å²) in [7, 11) is 0. The molecule has 0 atom stereocenters. The number of aromatic amines is 1. The van der Waals surface area contributed by atoms with E-state index in [9.17, 15) is 0 Å². The number of nitrogens with zero attached hydrogens (tertiary/aromatic N) is 1. The van der Waals surface area contributed by atoms with Gasteiger partial charge in [-0.05, 0) is 34.7 Å². The first-order chi connectivity index (χ1) is 6.34. The van der Waals surface area contributed by atoms with Gasteiger partial charge >= 0.3 is 0 Å². The van der Waals surface area contributed by atoms with Crippen molar-refractivity contribution in [3.8, 4) is 0 Å². The molecule has 0 spiro atoms. The second kappa shape index (κ2) is 3.82. The molecule has 4 nitrogen and oxygen atoms in total. The lowest BCUT2D eigenvalue weighted by Gasteiger charge is -1.98. The van der Waals surface area contributed by atoms with Gasteiger partial charge < -0.3 is 9.73 Å². The number of hydrogen-bond donors (Lipinski definition) is 2. The van der Waals surface area contributed by atoms with E-state index in [0.717, 1.165) is 15.2 Å². The van der Waals surface area contributed by atoms with Crippen LogP contribution in [0.3, 0.4) is 0 Å². The Hall–Kier alpha value is -0.980. The van der Waals surface area contributed by atoms with Crippen molar-refractivity contribution in [3.05, 3.63) is 34.1 Å². The van der Waals surface area contributed by atoms with Gasteiger partial charge in [-0.25, -0.2) is 0 Å². The second-order valence-electron chi connectivity index (χ2n) is 2.55. The van der Waals surface area contributed by atoms with E-state index < -0.39 is 0 Å². The van der Waals surface area contributed by atoms with Gasteiger partial charge in [0.25, 0.3) is 0 Å². The molecule has 13 heavy (non-hydrogen) atoms. The Labute approximate surface area is 88.9 Å². The molecule has 0 bridgehead atoms. The standard InChI is InChI=1S/C8H8IN3O/c9-8-2-1-7(13-8)5-10-6-3-11-12-4-6/h1-4,10H,5H2,(H,11,12). The molecule has 0 amide bonds. The summed E-state index contributed by atoms with van der Waals surface area (Å²) in [6, 6.07) is 3.89. The lowest BCUT2D eigenvalue weighted by atomic mass is 10.4. The summed E-state index contributed by atoms with van der Waals surface area (Å²) in [6.45, 7) is 0.683. The fourth-order valence-electron chi connectivity index (χ4n) is 0.983. The van der Waals surface area contributed by atoms with Crippen LogP contribution in [0.4, 0.5) is 5.69 Å². The van der Waals surface area contributed by atoms with Gasteiger partial charge in [0.05, 0.1) is 18.4 Å². The normalized spacial score (nSPS) is 10.2. The van der Waals surface area contributed by atoms with E-state index in [1.807, 2.05) is 12.1 Å². The molecular weight excluding hydrogens is 281 g/mol. The van der Waals surface area contributed by atoms with Gasteiger partial charge in [0.15, 0.2) is 3.77 Å². The third-order valence-corrected chi connectivity index (χ3v) is 2.17. The number of aromatic nitrogens is 2. The van der Waals surface area contributed by atoms with Gasteiger partial charge in [-0.15, -0.1) is 0 Å². The molecule has 0 saturated heterocycles. The van der Waals surface area contributed by atoms with Crippen LogP contribution >= 0.6 is 22.6 Å². The summed E-state index contributed by atoms with van der Waals surface area (Å²) in [4.78, 5) is 0.